The number of morpholine rings is 1. The van der Waals surface area contributed by atoms with Crippen LogP contribution in [0.2, 0.25) is 0 Å². The molecule has 4 heteroatoms. The van der Waals surface area contributed by atoms with E-state index in [1.807, 2.05) is 4.90 Å². The number of nitrogens with one attached hydrogen (secondary N) is 1. The van der Waals surface area contributed by atoms with E-state index in [4.69, 9.17) is 4.74 Å². The summed E-state index contributed by atoms with van der Waals surface area (Å²) in [6, 6.07) is 0.644. The zero-order valence-electron chi connectivity index (χ0n) is 11.3. The van der Waals surface area contributed by atoms with E-state index >= 15 is 0 Å². The Kier molecular flexibility index (Phi) is 5.94. The summed E-state index contributed by atoms with van der Waals surface area (Å²) >= 11 is 0. The van der Waals surface area contributed by atoms with Crippen molar-refractivity contribution in [2.24, 2.45) is 0 Å². The number of rotatable bonds is 4. The Labute approximate surface area is 110 Å². The van der Waals surface area contributed by atoms with E-state index in [2.05, 4.69) is 5.32 Å². The standard InChI is InChI=1S/C14H26N2O2/c17-14(16-9-11-18-12-10-16)7-8-15-13-5-3-1-2-4-6-13/h13,15H,1-12H2. The summed E-state index contributed by atoms with van der Waals surface area (Å²) < 4.78 is 5.25. The number of hydrogen-bond acceptors (Lipinski definition) is 3. The number of ether oxygens (including phenoxy) is 1. The number of amides is 1. The molecule has 0 bridgehead atoms. The van der Waals surface area contributed by atoms with E-state index in [-0.39, 0.29) is 5.91 Å². The van der Waals surface area contributed by atoms with E-state index in [1.165, 1.54) is 38.5 Å². The second-order valence-electron chi connectivity index (χ2n) is 5.39. The van der Waals surface area contributed by atoms with Crippen LogP contribution in [0.4, 0.5) is 0 Å². The van der Waals surface area contributed by atoms with E-state index in [1.54, 1.807) is 0 Å². The van der Waals surface area contributed by atoms with Gasteiger partial charge in [0.1, 0.15) is 0 Å². The Morgan fingerprint density at radius 2 is 1.78 bits per heavy atom. The molecular weight excluding hydrogens is 228 g/mol. The first-order valence-corrected chi connectivity index (χ1v) is 7.45. The Morgan fingerprint density at radius 3 is 2.44 bits per heavy atom. The van der Waals surface area contributed by atoms with Crippen LogP contribution in [0.25, 0.3) is 0 Å². The van der Waals surface area contributed by atoms with E-state index < -0.39 is 0 Å². The highest BCUT2D eigenvalue weighted by Gasteiger charge is 2.17. The van der Waals surface area contributed by atoms with Crippen LogP contribution in [0.5, 0.6) is 0 Å². The molecule has 0 atom stereocenters. The zero-order chi connectivity index (χ0) is 12.6. The molecule has 0 radical (unpaired) electrons. The average molecular weight is 254 g/mol. The predicted molar refractivity (Wildman–Crippen MR) is 71.5 cm³/mol. The summed E-state index contributed by atoms with van der Waals surface area (Å²) in [7, 11) is 0. The number of carbonyl (C=O) groups is 1. The van der Waals surface area contributed by atoms with Gasteiger partial charge in [0.25, 0.3) is 0 Å². The first-order valence-electron chi connectivity index (χ1n) is 7.45. The van der Waals surface area contributed by atoms with Crippen LogP contribution in [0.3, 0.4) is 0 Å². The lowest BCUT2D eigenvalue weighted by molar-refractivity contribution is -0.135. The van der Waals surface area contributed by atoms with Crippen molar-refractivity contribution in [3.63, 3.8) is 0 Å². The predicted octanol–water partition coefficient (Wildman–Crippen LogP) is 1.55. The summed E-state index contributed by atoms with van der Waals surface area (Å²) in [5.41, 5.74) is 0. The van der Waals surface area contributed by atoms with Gasteiger partial charge in [0.05, 0.1) is 13.2 Å². The van der Waals surface area contributed by atoms with E-state index in [0.717, 1.165) is 19.6 Å². The summed E-state index contributed by atoms with van der Waals surface area (Å²) in [4.78, 5) is 13.9. The number of carbonyl (C=O) groups excluding carboxylic acids is 1. The van der Waals surface area contributed by atoms with Crippen LogP contribution >= 0.6 is 0 Å². The van der Waals surface area contributed by atoms with Crippen molar-refractivity contribution < 1.29 is 9.53 Å². The molecule has 0 unspecified atom stereocenters. The fourth-order valence-electron chi connectivity index (χ4n) is 2.84. The largest absolute Gasteiger partial charge is 0.378 e. The third kappa shape index (κ3) is 4.58. The lowest BCUT2D eigenvalue weighted by atomic mass is 10.1. The van der Waals surface area contributed by atoms with Gasteiger partial charge >= 0.3 is 0 Å². The van der Waals surface area contributed by atoms with Gasteiger partial charge in [0.2, 0.25) is 5.91 Å². The second kappa shape index (κ2) is 7.74. The first-order chi connectivity index (χ1) is 8.86. The van der Waals surface area contributed by atoms with Crippen molar-refractivity contribution >= 4 is 5.91 Å². The summed E-state index contributed by atoms with van der Waals surface area (Å²) in [6.45, 7) is 3.76. The lowest BCUT2D eigenvalue weighted by Crippen LogP contribution is -2.42. The average Bonchev–Trinajstić information content (AvgIpc) is 2.68. The molecule has 4 nitrogen and oxygen atoms in total. The topological polar surface area (TPSA) is 41.6 Å². The van der Waals surface area contributed by atoms with Crippen LogP contribution in [0.1, 0.15) is 44.9 Å². The minimum Gasteiger partial charge on any atom is -0.378 e. The van der Waals surface area contributed by atoms with Gasteiger partial charge in [0.15, 0.2) is 0 Å². The fraction of sp³-hybridized carbons (Fsp3) is 0.929. The van der Waals surface area contributed by atoms with Crippen molar-refractivity contribution in [2.45, 2.75) is 51.0 Å². The maximum atomic E-state index is 11.9. The lowest BCUT2D eigenvalue weighted by Gasteiger charge is -2.27. The molecule has 0 aromatic rings. The Balaban J connectivity index is 1.60. The molecule has 1 aliphatic heterocycles. The number of nitrogens with zero attached hydrogens (tertiary/aromatic N) is 1. The van der Waals surface area contributed by atoms with Crippen molar-refractivity contribution in [1.82, 2.24) is 10.2 Å². The molecule has 0 spiro atoms. The quantitative estimate of drug-likeness (QED) is 0.774. The van der Waals surface area contributed by atoms with Gasteiger partial charge in [-0.05, 0) is 12.8 Å². The van der Waals surface area contributed by atoms with Crippen molar-refractivity contribution in [3.05, 3.63) is 0 Å². The van der Waals surface area contributed by atoms with E-state index in [9.17, 15) is 4.79 Å². The molecule has 1 N–H and O–H groups in total. The molecule has 18 heavy (non-hydrogen) atoms. The third-order valence-electron chi connectivity index (χ3n) is 3.99. The zero-order valence-corrected chi connectivity index (χ0v) is 11.3. The highest BCUT2D eigenvalue weighted by Crippen LogP contribution is 2.17. The minimum atomic E-state index is 0.277. The Bertz CT molecular complexity index is 244. The molecule has 2 rings (SSSR count). The minimum absolute atomic E-state index is 0.277. The highest BCUT2D eigenvalue weighted by atomic mass is 16.5. The van der Waals surface area contributed by atoms with Crippen LogP contribution in [-0.4, -0.2) is 49.7 Å². The summed E-state index contributed by atoms with van der Waals surface area (Å²) in [5, 5.41) is 3.55. The van der Waals surface area contributed by atoms with Gasteiger partial charge in [-0.1, -0.05) is 25.7 Å². The van der Waals surface area contributed by atoms with E-state index in [0.29, 0.717) is 25.7 Å². The maximum absolute atomic E-state index is 11.9. The number of hydrogen-bond donors (Lipinski definition) is 1. The van der Waals surface area contributed by atoms with Crippen molar-refractivity contribution in [3.8, 4) is 0 Å². The maximum Gasteiger partial charge on any atom is 0.224 e. The summed E-state index contributed by atoms with van der Waals surface area (Å²) in [6.07, 6.45) is 8.65. The molecule has 1 saturated heterocycles. The molecule has 1 heterocycles. The molecular formula is C14H26N2O2. The molecule has 0 aromatic heterocycles. The third-order valence-corrected chi connectivity index (χ3v) is 3.99. The molecule has 104 valence electrons. The second-order valence-corrected chi connectivity index (χ2v) is 5.39. The van der Waals surface area contributed by atoms with Gasteiger partial charge < -0.3 is 15.0 Å². The first kappa shape index (κ1) is 13.8. The van der Waals surface area contributed by atoms with Crippen LogP contribution in [-0.2, 0) is 9.53 Å². The Hall–Kier alpha value is -0.610. The Morgan fingerprint density at radius 1 is 1.11 bits per heavy atom. The normalized spacial score (nSPS) is 22.8. The molecule has 1 amide bonds. The van der Waals surface area contributed by atoms with Gasteiger partial charge in [-0.2, -0.15) is 0 Å². The molecule has 1 saturated carbocycles. The van der Waals surface area contributed by atoms with Crippen molar-refractivity contribution in [1.29, 1.82) is 0 Å². The van der Waals surface area contributed by atoms with Gasteiger partial charge in [-0.25, -0.2) is 0 Å². The smallest absolute Gasteiger partial charge is 0.224 e. The van der Waals surface area contributed by atoms with Gasteiger partial charge in [-0.15, -0.1) is 0 Å². The molecule has 0 aromatic carbocycles. The fourth-order valence-corrected chi connectivity index (χ4v) is 2.84. The molecule has 2 fully saturated rings. The molecule has 1 aliphatic carbocycles. The van der Waals surface area contributed by atoms with Crippen LogP contribution in [0.15, 0.2) is 0 Å². The van der Waals surface area contributed by atoms with Crippen LogP contribution < -0.4 is 5.32 Å². The van der Waals surface area contributed by atoms with Gasteiger partial charge in [-0.3, -0.25) is 4.79 Å². The van der Waals surface area contributed by atoms with Gasteiger partial charge in [0, 0.05) is 32.1 Å². The summed E-state index contributed by atoms with van der Waals surface area (Å²) in [5.74, 6) is 0.277. The van der Waals surface area contributed by atoms with Crippen LogP contribution in [0, 0.1) is 0 Å². The SMILES string of the molecule is O=C(CCNC1CCCCCC1)N1CCOCC1. The molecule has 2 aliphatic rings. The van der Waals surface area contributed by atoms with Crippen molar-refractivity contribution in [2.75, 3.05) is 32.8 Å². The highest BCUT2D eigenvalue weighted by molar-refractivity contribution is 5.76. The monoisotopic (exact) mass is 254 g/mol.